The van der Waals surface area contributed by atoms with Crippen molar-refractivity contribution in [1.29, 1.82) is 0 Å². The van der Waals surface area contributed by atoms with Crippen molar-refractivity contribution in [2.75, 3.05) is 19.6 Å². The second kappa shape index (κ2) is 9.94. The van der Waals surface area contributed by atoms with Gasteiger partial charge in [0.25, 0.3) is 0 Å². The molecule has 1 aliphatic carbocycles. The van der Waals surface area contributed by atoms with E-state index in [-0.39, 0.29) is 5.91 Å². The summed E-state index contributed by atoms with van der Waals surface area (Å²) in [5.74, 6) is 0.885. The number of hydrogen-bond acceptors (Lipinski definition) is 2. The zero-order chi connectivity index (χ0) is 20.8. The predicted molar refractivity (Wildman–Crippen MR) is 125 cm³/mol. The number of nitrogens with zero attached hydrogens (tertiary/aromatic N) is 1. The van der Waals surface area contributed by atoms with Crippen LogP contribution >= 0.6 is 0 Å². The number of aryl methyl sites for hydroxylation is 1. The van der Waals surface area contributed by atoms with Gasteiger partial charge in [0.2, 0.25) is 5.91 Å². The number of benzene rings is 2. The molecule has 4 rings (SSSR count). The Kier molecular flexibility index (Phi) is 6.85. The molecule has 1 amide bonds. The number of aromatic nitrogens is 1. The molecule has 1 saturated carbocycles. The number of rotatable bonds is 8. The van der Waals surface area contributed by atoms with E-state index in [1.54, 1.807) is 0 Å². The van der Waals surface area contributed by atoms with Crippen LogP contribution in [0.2, 0.25) is 0 Å². The number of nitrogens with one attached hydrogen (secondary N) is 2. The van der Waals surface area contributed by atoms with Crippen LogP contribution in [0.4, 0.5) is 0 Å². The highest BCUT2D eigenvalue weighted by molar-refractivity contribution is 5.87. The Morgan fingerprint density at radius 2 is 1.83 bits per heavy atom. The summed E-state index contributed by atoms with van der Waals surface area (Å²) in [4.78, 5) is 12.5. The van der Waals surface area contributed by atoms with Crippen molar-refractivity contribution in [2.45, 2.75) is 45.6 Å². The van der Waals surface area contributed by atoms with Gasteiger partial charge in [0.1, 0.15) is 6.54 Å². The fourth-order valence-corrected chi connectivity index (χ4v) is 4.52. The van der Waals surface area contributed by atoms with Crippen molar-refractivity contribution >= 4 is 16.8 Å². The van der Waals surface area contributed by atoms with Gasteiger partial charge in [-0.15, -0.1) is 0 Å². The fourth-order valence-electron chi connectivity index (χ4n) is 4.52. The summed E-state index contributed by atoms with van der Waals surface area (Å²) in [6.45, 7) is 5.06. The minimum absolute atomic E-state index is 0.0629. The molecule has 1 aromatic heterocycles. The van der Waals surface area contributed by atoms with Gasteiger partial charge in [0.05, 0.1) is 0 Å². The van der Waals surface area contributed by atoms with Crippen LogP contribution in [0.1, 0.15) is 37.7 Å². The first-order valence-corrected chi connectivity index (χ1v) is 11.3. The Balaban J connectivity index is 1.30. The third kappa shape index (κ3) is 5.31. The standard InChI is InChI=1S/C26H33N3O/c1-20-6-5-9-23(16-20)24-11-10-22-12-15-29(25(22)17-24)19-26(30)28-14-13-27-18-21-7-3-2-4-8-21/h5-6,9-12,15-17,21,27H,2-4,7-8,13-14,18-19H2,1H3,(H,28,30). The number of fused-ring (bicyclic) bond motifs is 1. The Bertz CT molecular complexity index is 985. The lowest BCUT2D eigenvalue weighted by Gasteiger charge is -2.21. The first kappa shape index (κ1) is 20.7. The molecule has 2 aromatic carbocycles. The molecule has 1 fully saturated rings. The first-order chi connectivity index (χ1) is 14.7. The SMILES string of the molecule is Cc1cccc(-c2ccc3ccn(CC(=O)NCCNCC4CCCCC4)c3c2)c1. The van der Waals surface area contributed by atoms with Crippen LogP contribution in [-0.4, -0.2) is 30.1 Å². The van der Waals surface area contributed by atoms with Crippen molar-refractivity contribution in [3.8, 4) is 11.1 Å². The zero-order valence-corrected chi connectivity index (χ0v) is 18.0. The minimum atomic E-state index is 0.0629. The van der Waals surface area contributed by atoms with E-state index in [1.165, 1.54) is 48.8 Å². The van der Waals surface area contributed by atoms with Gasteiger partial charge in [-0.3, -0.25) is 4.79 Å². The van der Waals surface area contributed by atoms with Crippen LogP contribution in [0.15, 0.2) is 54.7 Å². The van der Waals surface area contributed by atoms with Crippen LogP contribution in [0.25, 0.3) is 22.0 Å². The quantitative estimate of drug-likeness (QED) is 0.525. The molecular weight excluding hydrogens is 370 g/mol. The molecule has 0 aliphatic heterocycles. The molecule has 0 spiro atoms. The van der Waals surface area contributed by atoms with Gasteiger partial charge in [-0.1, -0.05) is 61.2 Å². The van der Waals surface area contributed by atoms with E-state index < -0.39 is 0 Å². The molecule has 1 heterocycles. The fraction of sp³-hybridized carbons (Fsp3) is 0.423. The monoisotopic (exact) mass is 403 g/mol. The minimum Gasteiger partial charge on any atom is -0.353 e. The first-order valence-electron chi connectivity index (χ1n) is 11.3. The van der Waals surface area contributed by atoms with E-state index in [9.17, 15) is 4.79 Å². The summed E-state index contributed by atoms with van der Waals surface area (Å²) < 4.78 is 2.04. The highest BCUT2D eigenvalue weighted by Gasteiger charge is 2.12. The van der Waals surface area contributed by atoms with Gasteiger partial charge in [-0.2, -0.15) is 0 Å². The summed E-state index contributed by atoms with van der Waals surface area (Å²) in [6, 6.07) is 17.1. The number of carbonyl (C=O) groups excluding carboxylic acids is 1. The lowest BCUT2D eigenvalue weighted by atomic mass is 9.89. The Morgan fingerprint density at radius 3 is 2.67 bits per heavy atom. The third-order valence-corrected chi connectivity index (χ3v) is 6.22. The molecular formula is C26H33N3O. The molecule has 0 atom stereocenters. The van der Waals surface area contributed by atoms with Crippen molar-refractivity contribution in [2.24, 2.45) is 5.92 Å². The highest BCUT2D eigenvalue weighted by atomic mass is 16.1. The smallest absolute Gasteiger partial charge is 0.239 e. The van der Waals surface area contributed by atoms with Crippen LogP contribution in [0.3, 0.4) is 0 Å². The molecule has 158 valence electrons. The van der Waals surface area contributed by atoms with E-state index in [0.717, 1.165) is 29.9 Å². The molecule has 0 saturated heterocycles. The summed E-state index contributed by atoms with van der Waals surface area (Å²) in [5, 5.41) is 7.72. The number of carbonyl (C=O) groups is 1. The number of amides is 1. The van der Waals surface area contributed by atoms with E-state index in [4.69, 9.17) is 0 Å². The molecule has 4 heteroatoms. The average Bonchev–Trinajstić information content (AvgIpc) is 3.16. The maximum atomic E-state index is 12.5. The Hall–Kier alpha value is -2.59. The summed E-state index contributed by atoms with van der Waals surface area (Å²) in [5.41, 5.74) is 4.73. The second-order valence-corrected chi connectivity index (χ2v) is 8.64. The topological polar surface area (TPSA) is 46.1 Å². The van der Waals surface area contributed by atoms with Crippen LogP contribution in [0, 0.1) is 12.8 Å². The third-order valence-electron chi connectivity index (χ3n) is 6.22. The summed E-state index contributed by atoms with van der Waals surface area (Å²) >= 11 is 0. The van der Waals surface area contributed by atoms with Crippen molar-refractivity contribution in [1.82, 2.24) is 15.2 Å². The van der Waals surface area contributed by atoms with Crippen LogP contribution in [0.5, 0.6) is 0 Å². The van der Waals surface area contributed by atoms with E-state index in [1.807, 2.05) is 10.8 Å². The van der Waals surface area contributed by atoms with E-state index >= 15 is 0 Å². The summed E-state index contributed by atoms with van der Waals surface area (Å²) in [7, 11) is 0. The Labute approximate surface area is 179 Å². The van der Waals surface area contributed by atoms with Crippen molar-refractivity contribution in [3.05, 3.63) is 60.3 Å². The molecule has 4 nitrogen and oxygen atoms in total. The Morgan fingerprint density at radius 1 is 1.00 bits per heavy atom. The summed E-state index contributed by atoms with van der Waals surface area (Å²) in [6.07, 6.45) is 8.85. The van der Waals surface area contributed by atoms with Gasteiger partial charge in [0, 0.05) is 24.8 Å². The predicted octanol–water partition coefficient (Wildman–Crippen LogP) is 4.90. The largest absolute Gasteiger partial charge is 0.353 e. The van der Waals surface area contributed by atoms with Gasteiger partial charge < -0.3 is 15.2 Å². The molecule has 0 bridgehead atoms. The average molecular weight is 404 g/mol. The highest BCUT2D eigenvalue weighted by Crippen LogP contribution is 2.26. The molecule has 1 aliphatic rings. The molecule has 3 aromatic rings. The van der Waals surface area contributed by atoms with E-state index in [2.05, 4.69) is 66.1 Å². The zero-order valence-electron chi connectivity index (χ0n) is 18.0. The van der Waals surface area contributed by atoms with Gasteiger partial charge in [-0.25, -0.2) is 0 Å². The second-order valence-electron chi connectivity index (χ2n) is 8.64. The van der Waals surface area contributed by atoms with Gasteiger partial charge >= 0.3 is 0 Å². The maximum Gasteiger partial charge on any atom is 0.239 e. The maximum absolute atomic E-state index is 12.5. The normalized spacial score (nSPS) is 14.8. The number of hydrogen-bond donors (Lipinski definition) is 2. The molecule has 2 N–H and O–H groups in total. The lowest BCUT2D eigenvalue weighted by Crippen LogP contribution is -2.35. The molecule has 0 radical (unpaired) electrons. The van der Waals surface area contributed by atoms with Gasteiger partial charge in [-0.05, 0) is 60.9 Å². The van der Waals surface area contributed by atoms with Crippen molar-refractivity contribution in [3.63, 3.8) is 0 Å². The van der Waals surface area contributed by atoms with Crippen LogP contribution in [-0.2, 0) is 11.3 Å². The van der Waals surface area contributed by atoms with Crippen LogP contribution < -0.4 is 10.6 Å². The molecule has 0 unspecified atom stereocenters. The lowest BCUT2D eigenvalue weighted by molar-refractivity contribution is -0.121. The van der Waals surface area contributed by atoms with Crippen molar-refractivity contribution < 1.29 is 4.79 Å². The van der Waals surface area contributed by atoms with E-state index in [0.29, 0.717) is 13.1 Å². The molecule has 30 heavy (non-hydrogen) atoms. The van der Waals surface area contributed by atoms with Gasteiger partial charge in [0.15, 0.2) is 0 Å².